The van der Waals surface area contributed by atoms with Crippen molar-refractivity contribution < 1.29 is 32.2 Å². The number of fused-ring (bicyclic) bond motifs is 1. The second-order valence-corrected chi connectivity index (χ2v) is 10.4. The maximum atomic E-state index is 13.3. The summed E-state index contributed by atoms with van der Waals surface area (Å²) in [6, 6.07) is 8.77. The SMILES string of the molecule is COc1ccc(C#N)cc1-c1cc(C)ncc1C(=O)Nc1nc2c(s1)CN(C(=O)C1CC(OC(F)(F)F)C1)C2. The number of thiazole rings is 1. The van der Waals surface area contributed by atoms with Gasteiger partial charge in [0.2, 0.25) is 5.91 Å². The highest BCUT2D eigenvalue weighted by molar-refractivity contribution is 7.16. The minimum absolute atomic E-state index is 0.0339. The first kappa shape index (κ1) is 26.6. The lowest BCUT2D eigenvalue weighted by atomic mass is 9.81. The van der Waals surface area contributed by atoms with E-state index in [9.17, 15) is 28.0 Å². The number of benzene rings is 1. The van der Waals surface area contributed by atoms with Crippen LogP contribution in [0.15, 0.2) is 30.5 Å². The van der Waals surface area contributed by atoms with Crippen LogP contribution in [0.4, 0.5) is 18.3 Å². The van der Waals surface area contributed by atoms with Crippen molar-refractivity contribution in [3.8, 4) is 22.9 Å². The average Bonchev–Trinajstić information content (AvgIpc) is 3.43. The number of halogens is 3. The van der Waals surface area contributed by atoms with E-state index >= 15 is 0 Å². The zero-order valence-electron chi connectivity index (χ0n) is 20.8. The Bertz CT molecular complexity index is 1470. The molecule has 1 saturated carbocycles. The molecule has 39 heavy (non-hydrogen) atoms. The monoisotopic (exact) mass is 557 g/mol. The van der Waals surface area contributed by atoms with Crippen LogP contribution in [0.5, 0.6) is 5.75 Å². The molecule has 2 aliphatic rings. The van der Waals surface area contributed by atoms with Crippen LogP contribution < -0.4 is 10.1 Å². The molecule has 0 spiro atoms. The topological polar surface area (TPSA) is 117 Å². The molecule has 1 aliphatic carbocycles. The maximum Gasteiger partial charge on any atom is 0.522 e. The maximum absolute atomic E-state index is 13.3. The van der Waals surface area contributed by atoms with Gasteiger partial charge in [0, 0.05) is 28.9 Å². The van der Waals surface area contributed by atoms with Crippen molar-refractivity contribution in [3.05, 3.63) is 57.9 Å². The summed E-state index contributed by atoms with van der Waals surface area (Å²) in [6.45, 7) is 2.28. The number of aryl methyl sites for hydroxylation is 1. The van der Waals surface area contributed by atoms with Crippen LogP contribution in [0, 0.1) is 24.2 Å². The number of hydrogen-bond acceptors (Lipinski definition) is 8. The van der Waals surface area contributed by atoms with Crippen LogP contribution in [0.25, 0.3) is 11.1 Å². The first-order valence-electron chi connectivity index (χ1n) is 11.9. The van der Waals surface area contributed by atoms with E-state index in [0.717, 1.165) is 4.88 Å². The van der Waals surface area contributed by atoms with E-state index in [2.05, 4.69) is 26.1 Å². The predicted molar refractivity (Wildman–Crippen MR) is 134 cm³/mol. The Labute approximate surface area is 225 Å². The van der Waals surface area contributed by atoms with Crippen molar-refractivity contribution in [1.29, 1.82) is 5.26 Å². The number of ether oxygens (including phenoxy) is 2. The number of nitrogens with zero attached hydrogens (tertiary/aromatic N) is 4. The van der Waals surface area contributed by atoms with Gasteiger partial charge in [0.25, 0.3) is 5.91 Å². The van der Waals surface area contributed by atoms with E-state index in [1.807, 2.05) is 0 Å². The first-order chi connectivity index (χ1) is 18.5. The van der Waals surface area contributed by atoms with Crippen LogP contribution in [-0.4, -0.2) is 46.3 Å². The van der Waals surface area contributed by atoms with Gasteiger partial charge in [-0.3, -0.25) is 24.6 Å². The summed E-state index contributed by atoms with van der Waals surface area (Å²) >= 11 is 1.23. The van der Waals surface area contributed by atoms with Gasteiger partial charge in [-0.2, -0.15) is 5.26 Å². The standard InChI is InChI=1S/C26H22F3N5O4S/c1-13-5-17(18-6-14(9-30)3-4-21(18)37-2)19(10-31-13)23(35)33-25-32-20-11-34(12-22(20)39-25)24(36)15-7-16(8-15)38-26(27,28)29/h3-6,10,15-16H,7-8,11-12H2,1-2H3,(H,32,33,35). The zero-order valence-corrected chi connectivity index (χ0v) is 21.7. The van der Waals surface area contributed by atoms with Gasteiger partial charge >= 0.3 is 6.36 Å². The lowest BCUT2D eigenvalue weighted by molar-refractivity contribution is -0.353. The Morgan fingerprint density at radius 2 is 1.97 bits per heavy atom. The van der Waals surface area contributed by atoms with Crippen LogP contribution in [0.3, 0.4) is 0 Å². The van der Waals surface area contributed by atoms with Crippen molar-refractivity contribution in [3.63, 3.8) is 0 Å². The van der Waals surface area contributed by atoms with Crippen LogP contribution >= 0.6 is 11.3 Å². The van der Waals surface area contributed by atoms with Crippen molar-refractivity contribution in [2.24, 2.45) is 5.92 Å². The number of nitriles is 1. The number of pyridine rings is 1. The van der Waals surface area contributed by atoms with Gasteiger partial charge < -0.3 is 9.64 Å². The molecular formula is C26H22F3N5O4S. The van der Waals surface area contributed by atoms with Crippen molar-refractivity contribution in [1.82, 2.24) is 14.9 Å². The molecule has 0 atom stereocenters. The molecule has 1 aromatic carbocycles. The molecule has 13 heteroatoms. The highest BCUT2D eigenvalue weighted by Crippen LogP contribution is 2.39. The van der Waals surface area contributed by atoms with Gasteiger partial charge in [-0.1, -0.05) is 11.3 Å². The summed E-state index contributed by atoms with van der Waals surface area (Å²) in [6.07, 6.45) is -4.17. The summed E-state index contributed by atoms with van der Waals surface area (Å²) in [5, 5.41) is 12.5. The second-order valence-electron chi connectivity index (χ2n) is 9.29. The number of hydrogen-bond donors (Lipinski definition) is 1. The highest BCUT2D eigenvalue weighted by atomic mass is 32.1. The van der Waals surface area contributed by atoms with Gasteiger partial charge in [-0.25, -0.2) is 4.98 Å². The quantitative estimate of drug-likeness (QED) is 0.463. The number of aromatic nitrogens is 2. The number of nitrogens with one attached hydrogen (secondary N) is 1. The molecule has 0 radical (unpaired) electrons. The molecule has 9 nitrogen and oxygen atoms in total. The van der Waals surface area contributed by atoms with E-state index < -0.39 is 24.3 Å². The first-order valence-corrected chi connectivity index (χ1v) is 12.7. The van der Waals surface area contributed by atoms with Crippen molar-refractivity contribution >= 4 is 28.3 Å². The Morgan fingerprint density at radius 1 is 1.21 bits per heavy atom. The number of carbonyl (C=O) groups is 2. The summed E-state index contributed by atoms with van der Waals surface area (Å²) in [7, 11) is 1.50. The third-order valence-electron chi connectivity index (χ3n) is 6.63. The number of methoxy groups -OCH3 is 1. The van der Waals surface area contributed by atoms with Gasteiger partial charge in [0.15, 0.2) is 5.13 Å². The molecule has 202 valence electrons. The van der Waals surface area contributed by atoms with Crippen LogP contribution in [0.1, 0.15) is 45.0 Å². The van der Waals surface area contributed by atoms with Crippen molar-refractivity contribution in [2.75, 3.05) is 12.4 Å². The van der Waals surface area contributed by atoms with Gasteiger partial charge in [0.05, 0.1) is 54.1 Å². The molecule has 5 rings (SSSR count). The smallest absolute Gasteiger partial charge is 0.496 e. The number of alkyl halides is 3. The van der Waals surface area contributed by atoms with Crippen molar-refractivity contribution in [2.45, 2.75) is 45.3 Å². The molecule has 3 aromatic rings. The third-order valence-corrected chi connectivity index (χ3v) is 7.63. The minimum Gasteiger partial charge on any atom is -0.496 e. The Kier molecular flexibility index (Phi) is 7.00. The lowest BCUT2D eigenvalue weighted by Gasteiger charge is -2.36. The predicted octanol–water partition coefficient (Wildman–Crippen LogP) is 4.80. The van der Waals surface area contributed by atoms with E-state index in [0.29, 0.717) is 39.0 Å². The normalized spacial score (nSPS) is 18.2. The molecule has 0 bridgehead atoms. The Hall–Kier alpha value is -4.02. The molecule has 2 aromatic heterocycles. The molecule has 2 amide bonds. The Morgan fingerprint density at radius 3 is 2.64 bits per heavy atom. The summed E-state index contributed by atoms with van der Waals surface area (Å²) in [4.78, 5) is 37.1. The second kappa shape index (κ2) is 10.3. The minimum atomic E-state index is -4.70. The number of amides is 2. The average molecular weight is 558 g/mol. The molecular weight excluding hydrogens is 535 g/mol. The molecule has 0 saturated heterocycles. The van der Waals surface area contributed by atoms with E-state index in [1.54, 1.807) is 36.1 Å². The van der Waals surface area contributed by atoms with E-state index in [-0.39, 0.29) is 37.4 Å². The van der Waals surface area contributed by atoms with Gasteiger partial charge in [-0.15, -0.1) is 13.2 Å². The fourth-order valence-electron chi connectivity index (χ4n) is 4.68. The molecule has 1 aliphatic heterocycles. The van der Waals surface area contributed by atoms with Crippen LogP contribution in [0.2, 0.25) is 0 Å². The summed E-state index contributed by atoms with van der Waals surface area (Å²) < 4.78 is 46.5. The molecule has 0 unspecified atom stereocenters. The van der Waals surface area contributed by atoms with E-state index in [4.69, 9.17) is 4.74 Å². The highest BCUT2D eigenvalue weighted by Gasteiger charge is 2.44. The Balaban J connectivity index is 1.27. The molecule has 1 N–H and O–H groups in total. The molecule has 1 fully saturated rings. The van der Waals surface area contributed by atoms with Gasteiger partial charge in [0.1, 0.15) is 5.75 Å². The van der Waals surface area contributed by atoms with E-state index in [1.165, 1.54) is 24.6 Å². The zero-order chi connectivity index (χ0) is 27.9. The number of rotatable bonds is 6. The van der Waals surface area contributed by atoms with Crippen LogP contribution in [-0.2, 0) is 22.6 Å². The fourth-order valence-corrected chi connectivity index (χ4v) is 5.66. The largest absolute Gasteiger partial charge is 0.522 e. The number of anilines is 1. The fraction of sp³-hybridized carbons (Fsp3) is 0.346. The number of carbonyl (C=O) groups excluding carboxylic acids is 2. The lowest BCUT2D eigenvalue weighted by Crippen LogP contribution is -2.44. The van der Waals surface area contributed by atoms with Gasteiger partial charge in [-0.05, 0) is 44.0 Å². The third kappa shape index (κ3) is 5.57. The summed E-state index contributed by atoms with van der Waals surface area (Å²) in [5.74, 6) is -0.687. The summed E-state index contributed by atoms with van der Waals surface area (Å²) in [5.41, 5.74) is 3.10. The molecule has 3 heterocycles.